The maximum atomic E-state index is 5.26. The van der Waals surface area contributed by atoms with Gasteiger partial charge in [0.25, 0.3) is 0 Å². The summed E-state index contributed by atoms with van der Waals surface area (Å²) in [5.74, 6) is 0. The van der Waals surface area contributed by atoms with Crippen LogP contribution in [-0.2, 0) is 6.54 Å². The molecule has 0 unspecified atom stereocenters. The first kappa shape index (κ1) is 11.9. The predicted octanol–water partition coefficient (Wildman–Crippen LogP) is 1.45. The van der Waals surface area contributed by atoms with E-state index in [0.29, 0.717) is 6.54 Å². The highest BCUT2D eigenvalue weighted by atomic mass is 35.5. The molecule has 0 aliphatic heterocycles. The molecular formula is C4H8Cl2N2S. The van der Waals surface area contributed by atoms with Crippen molar-refractivity contribution in [2.75, 3.05) is 0 Å². The minimum absolute atomic E-state index is 0. The third kappa shape index (κ3) is 3.70. The second kappa shape index (κ2) is 6.29. The van der Waals surface area contributed by atoms with Crippen molar-refractivity contribution in [1.29, 1.82) is 0 Å². The van der Waals surface area contributed by atoms with Crippen molar-refractivity contribution in [3.8, 4) is 0 Å². The van der Waals surface area contributed by atoms with Gasteiger partial charge >= 0.3 is 0 Å². The molecule has 0 saturated heterocycles. The maximum absolute atomic E-state index is 5.26. The van der Waals surface area contributed by atoms with E-state index < -0.39 is 0 Å². The van der Waals surface area contributed by atoms with Crippen LogP contribution in [0.4, 0.5) is 0 Å². The SMILES string of the molecule is Cl.Cl.NCc1cnsc1. The summed E-state index contributed by atoms with van der Waals surface area (Å²) in [6, 6.07) is 0. The van der Waals surface area contributed by atoms with Crippen molar-refractivity contribution in [2.45, 2.75) is 6.54 Å². The van der Waals surface area contributed by atoms with Crippen LogP contribution in [0.25, 0.3) is 0 Å². The standard InChI is InChI=1S/C4H6N2S.2ClH/c5-1-4-2-6-7-3-4;;/h2-3H,1,5H2;2*1H. The first-order valence-electron chi connectivity index (χ1n) is 2.02. The number of nitrogens with zero attached hydrogens (tertiary/aromatic N) is 1. The predicted molar refractivity (Wildman–Crippen MR) is 44.5 cm³/mol. The number of hydrogen-bond donors (Lipinski definition) is 1. The molecule has 1 rings (SSSR count). The van der Waals surface area contributed by atoms with Crippen molar-refractivity contribution in [3.63, 3.8) is 0 Å². The minimum Gasteiger partial charge on any atom is -0.326 e. The normalized spacial score (nSPS) is 7.22. The van der Waals surface area contributed by atoms with Crippen molar-refractivity contribution in [3.05, 3.63) is 17.1 Å². The molecule has 54 valence electrons. The largest absolute Gasteiger partial charge is 0.326 e. The Morgan fingerprint density at radius 1 is 1.56 bits per heavy atom. The van der Waals surface area contributed by atoms with Gasteiger partial charge in [-0.25, -0.2) is 4.37 Å². The van der Waals surface area contributed by atoms with Crippen LogP contribution in [0.3, 0.4) is 0 Å². The van der Waals surface area contributed by atoms with E-state index in [1.807, 2.05) is 5.38 Å². The highest BCUT2D eigenvalue weighted by Gasteiger charge is 1.84. The lowest BCUT2D eigenvalue weighted by atomic mass is 10.4. The molecule has 0 saturated carbocycles. The van der Waals surface area contributed by atoms with Crippen molar-refractivity contribution < 1.29 is 0 Å². The molecular weight excluding hydrogens is 179 g/mol. The fourth-order valence-electron chi connectivity index (χ4n) is 0.327. The van der Waals surface area contributed by atoms with Gasteiger partial charge in [0.15, 0.2) is 0 Å². The van der Waals surface area contributed by atoms with Crippen LogP contribution in [0.1, 0.15) is 5.56 Å². The molecule has 5 heteroatoms. The molecule has 0 atom stereocenters. The van der Waals surface area contributed by atoms with E-state index in [1.54, 1.807) is 6.20 Å². The first-order valence-corrected chi connectivity index (χ1v) is 2.85. The highest BCUT2D eigenvalue weighted by Crippen LogP contribution is 1.97. The maximum Gasteiger partial charge on any atom is 0.0451 e. The summed E-state index contributed by atoms with van der Waals surface area (Å²) in [4.78, 5) is 0. The zero-order valence-electron chi connectivity index (χ0n) is 4.61. The van der Waals surface area contributed by atoms with Crippen molar-refractivity contribution in [2.24, 2.45) is 5.73 Å². The molecule has 0 fully saturated rings. The molecule has 0 aliphatic carbocycles. The van der Waals surface area contributed by atoms with Gasteiger partial charge in [-0.05, 0) is 17.1 Å². The van der Waals surface area contributed by atoms with Crippen LogP contribution < -0.4 is 5.73 Å². The number of nitrogens with two attached hydrogens (primary N) is 1. The topological polar surface area (TPSA) is 38.9 Å². The van der Waals surface area contributed by atoms with Gasteiger partial charge in [-0.15, -0.1) is 24.8 Å². The molecule has 1 aromatic rings. The molecule has 1 aromatic heterocycles. The van der Waals surface area contributed by atoms with Gasteiger partial charge in [0, 0.05) is 18.1 Å². The monoisotopic (exact) mass is 186 g/mol. The van der Waals surface area contributed by atoms with Gasteiger partial charge in [-0.2, -0.15) is 0 Å². The summed E-state index contributed by atoms with van der Waals surface area (Å²) in [5.41, 5.74) is 6.38. The van der Waals surface area contributed by atoms with E-state index in [4.69, 9.17) is 5.73 Å². The van der Waals surface area contributed by atoms with Crippen LogP contribution in [0.5, 0.6) is 0 Å². The lowest BCUT2D eigenvalue weighted by Gasteiger charge is -1.77. The Morgan fingerprint density at radius 3 is 2.44 bits per heavy atom. The Labute approximate surface area is 70.4 Å². The molecule has 0 aliphatic rings. The smallest absolute Gasteiger partial charge is 0.0451 e. The van der Waals surface area contributed by atoms with Crippen molar-refractivity contribution >= 4 is 36.3 Å². The van der Waals surface area contributed by atoms with Gasteiger partial charge in [0.2, 0.25) is 0 Å². The van der Waals surface area contributed by atoms with Crippen LogP contribution in [-0.4, -0.2) is 4.37 Å². The van der Waals surface area contributed by atoms with E-state index in [1.165, 1.54) is 11.5 Å². The first-order chi connectivity index (χ1) is 3.43. The molecule has 2 N–H and O–H groups in total. The van der Waals surface area contributed by atoms with E-state index in [9.17, 15) is 0 Å². The molecule has 2 nitrogen and oxygen atoms in total. The van der Waals surface area contributed by atoms with E-state index >= 15 is 0 Å². The van der Waals surface area contributed by atoms with Gasteiger partial charge in [0.05, 0.1) is 0 Å². The summed E-state index contributed by atoms with van der Waals surface area (Å²) in [6.07, 6.45) is 1.78. The summed E-state index contributed by atoms with van der Waals surface area (Å²) in [5, 5.41) is 1.94. The molecule has 0 amide bonds. The average Bonchev–Trinajstić information content (AvgIpc) is 2.14. The average molecular weight is 187 g/mol. The summed E-state index contributed by atoms with van der Waals surface area (Å²) in [7, 11) is 0. The van der Waals surface area contributed by atoms with E-state index in [-0.39, 0.29) is 24.8 Å². The molecule has 1 heterocycles. The molecule has 0 spiro atoms. The van der Waals surface area contributed by atoms with Crippen molar-refractivity contribution in [1.82, 2.24) is 4.37 Å². The Bertz CT molecular complexity index is 131. The lowest BCUT2D eigenvalue weighted by Crippen LogP contribution is -1.92. The third-order valence-corrected chi connectivity index (χ3v) is 1.35. The number of halogens is 2. The second-order valence-electron chi connectivity index (χ2n) is 1.24. The quantitative estimate of drug-likeness (QED) is 0.722. The fraction of sp³-hybridized carbons (Fsp3) is 0.250. The van der Waals surface area contributed by atoms with Crippen LogP contribution in [0.15, 0.2) is 11.6 Å². The Morgan fingerprint density at radius 2 is 2.22 bits per heavy atom. The number of hydrogen-bond acceptors (Lipinski definition) is 3. The minimum atomic E-state index is 0. The number of aromatic nitrogens is 1. The molecule has 0 radical (unpaired) electrons. The zero-order valence-corrected chi connectivity index (χ0v) is 7.06. The number of rotatable bonds is 1. The van der Waals surface area contributed by atoms with Gasteiger partial charge < -0.3 is 5.73 Å². The molecule has 9 heavy (non-hydrogen) atoms. The molecule has 0 aromatic carbocycles. The summed E-state index contributed by atoms with van der Waals surface area (Å²) < 4.78 is 3.85. The zero-order chi connectivity index (χ0) is 5.11. The lowest BCUT2D eigenvalue weighted by molar-refractivity contribution is 1.07. The Kier molecular flexibility index (Phi) is 8.32. The van der Waals surface area contributed by atoms with E-state index in [2.05, 4.69) is 4.37 Å². The van der Waals surface area contributed by atoms with Gasteiger partial charge in [-0.1, -0.05) is 0 Å². The van der Waals surface area contributed by atoms with Gasteiger partial charge in [0.1, 0.15) is 0 Å². The Hall–Kier alpha value is 0.170. The van der Waals surface area contributed by atoms with Crippen LogP contribution >= 0.6 is 36.3 Å². The van der Waals surface area contributed by atoms with E-state index in [0.717, 1.165) is 5.56 Å². The third-order valence-electron chi connectivity index (χ3n) is 0.719. The Balaban J connectivity index is 0. The van der Waals surface area contributed by atoms with Crippen LogP contribution in [0.2, 0.25) is 0 Å². The highest BCUT2D eigenvalue weighted by molar-refractivity contribution is 7.03. The second-order valence-corrected chi connectivity index (χ2v) is 1.89. The molecule has 0 bridgehead atoms. The van der Waals surface area contributed by atoms with Crippen LogP contribution in [0, 0.1) is 0 Å². The fourth-order valence-corrected chi connectivity index (χ4v) is 0.877. The summed E-state index contributed by atoms with van der Waals surface area (Å²) >= 11 is 1.43. The summed E-state index contributed by atoms with van der Waals surface area (Å²) in [6.45, 7) is 0.608. The van der Waals surface area contributed by atoms with Gasteiger partial charge in [-0.3, -0.25) is 0 Å².